The van der Waals surface area contributed by atoms with Crippen LogP contribution in [-0.4, -0.2) is 44.0 Å². The molecule has 0 spiro atoms. The van der Waals surface area contributed by atoms with Crippen LogP contribution in [0.2, 0.25) is 0 Å². The predicted octanol–water partition coefficient (Wildman–Crippen LogP) is 1.45. The SMILES string of the molecule is CN(C(=O)c1ccc(C(F)(F)F)cc1)C1CC[NH+](C)CC1. The zero-order chi connectivity index (χ0) is 15.6. The summed E-state index contributed by atoms with van der Waals surface area (Å²) in [6.45, 7) is 2.02. The van der Waals surface area contributed by atoms with E-state index < -0.39 is 11.7 Å². The summed E-state index contributed by atoms with van der Waals surface area (Å²) in [7, 11) is 3.85. The summed E-state index contributed by atoms with van der Waals surface area (Å²) in [5, 5.41) is 0. The zero-order valence-corrected chi connectivity index (χ0v) is 12.2. The van der Waals surface area contributed by atoms with E-state index in [1.165, 1.54) is 17.0 Å². The number of halogens is 3. The van der Waals surface area contributed by atoms with E-state index in [9.17, 15) is 18.0 Å². The average molecular weight is 301 g/mol. The fourth-order valence-electron chi connectivity index (χ4n) is 2.65. The lowest BCUT2D eigenvalue weighted by atomic mass is 10.0. The monoisotopic (exact) mass is 301 g/mol. The summed E-state index contributed by atoms with van der Waals surface area (Å²) < 4.78 is 37.5. The maximum atomic E-state index is 12.5. The molecule has 1 heterocycles. The van der Waals surface area contributed by atoms with Gasteiger partial charge in [-0.3, -0.25) is 4.79 Å². The van der Waals surface area contributed by atoms with Crippen LogP contribution in [0.1, 0.15) is 28.8 Å². The van der Waals surface area contributed by atoms with Gasteiger partial charge in [-0.2, -0.15) is 13.2 Å². The molecule has 1 fully saturated rings. The van der Waals surface area contributed by atoms with Gasteiger partial charge in [-0.25, -0.2) is 0 Å². The lowest BCUT2D eigenvalue weighted by molar-refractivity contribution is -0.885. The lowest BCUT2D eigenvalue weighted by Gasteiger charge is -2.33. The van der Waals surface area contributed by atoms with Crippen LogP contribution in [0.15, 0.2) is 24.3 Å². The molecule has 2 rings (SSSR count). The number of carbonyl (C=O) groups is 1. The fraction of sp³-hybridized carbons (Fsp3) is 0.533. The van der Waals surface area contributed by atoms with Crippen molar-refractivity contribution < 1.29 is 22.9 Å². The van der Waals surface area contributed by atoms with Gasteiger partial charge in [-0.1, -0.05) is 0 Å². The molecule has 1 aliphatic heterocycles. The Morgan fingerprint density at radius 1 is 1.19 bits per heavy atom. The molecule has 0 radical (unpaired) electrons. The van der Waals surface area contributed by atoms with Gasteiger partial charge in [0.05, 0.1) is 25.7 Å². The fourth-order valence-corrected chi connectivity index (χ4v) is 2.65. The van der Waals surface area contributed by atoms with Gasteiger partial charge < -0.3 is 9.80 Å². The number of hydrogen-bond donors (Lipinski definition) is 1. The maximum Gasteiger partial charge on any atom is 0.416 e. The molecule has 1 aromatic rings. The third-order valence-corrected chi connectivity index (χ3v) is 4.14. The van der Waals surface area contributed by atoms with Gasteiger partial charge in [0.1, 0.15) is 0 Å². The van der Waals surface area contributed by atoms with Crippen molar-refractivity contribution in [3.63, 3.8) is 0 Å². The molecule has 0 aromatic heterocycles. The smallest absolute Gasteiger partial charge is 0.338 e. The van der Waals surface area contributed by atoms with E-state index in [0.717, 1.165) is 38.1 Å². The molecule has 6 heteroatoms. The zero-order valence-electron chi connectivity index (χ0n) is 12.2. The predicted molar refractivity (Wildman–Crippen MR) is 73.2 cm³/mol. The minimum absolute atomic E-state index is 0.170. The van der Waals surface area contributed by atoms with Gasteiger partial charge >= 0.3 is 6.18 Å². The van der Waals surface area contributed by atoms with Gasteiger partial charge in [0.15, 0.2) is 0 Å². The van der Waals surface area contributed by atoms with Crippen molar-refractivity contribution in [2.24, 2.45) is 0 Å². The van der Waals surface area contributed by atoms with Crippen molar-refractivity contribution in [2.75, 3.05) is 27.2 Å². The van der Waals surface area contributed by atoms with Crippen LogP contribution in [0.5, 0.6) is 0 Å². The lowest BCUT2D eigenvalue weighted by Crippen LogP contribution is -3.10. The first kappa shape index (κ1) is 15.8. The molecule has 1 aliphatic rings. The van der Waals surface area contributed by atoms with E-state index in [1.807, 2.05) is 0 Å². The highest BCUT2D eigenvalue weighted by molar-refractivity contribution is 5.94. The van der Waals surface area contributed by atoms with Crippen molar-refractivity contribution in [3.8, 4) is 0 Å². The molecular formula is C15H20F3N2O+. The molecule has 3 nitrogen and oxygen atoms in total. The molecule has 1 saturated heterocycles. The van der Waals surface area contributed by atoms with E-state index in [4.69, 9.17) is 0 Å². The van der Waals surface area contributed by atoms with Crippen molar-refractivity contribution in [2.45, 2.75) is 25.1 Å². The molecule has 0 saturated carbocycles. The Morgan fingerprint density at radius 2 is 1.71 bits per heavy atom. The Hall–Kier alpha value is -1.56. The number of piperidine rings is 1. The largest absolute Gasteiger partial charge is 0.416 e. The Kier molecular flexibility index (Phi) is 4.56. The number of hydrogen-bond acceptors (Lipinski definition) is 1. The van der Waals surface area contributed by atoms with Crippen LogP contribution in [-0.2, 0) is 6.18 Å². The molecule has 116 valence electrons. The Morgan fingerprint density at radius 3 is 2.19 bits per heavy atom. The number of quaternary nitrogens is 1. The molecule has 0 bridgehead atoms. The number of benzene rings is 1. The summed E-state index contributed by atoms with van der Waals surface area (Å²) in [6, 6.07) is 4.59. The van der Waals surface area contributed by atoms with Gasteiger partial charge in [-0.05, 0) is 24.3 Å². The Labute approximate surface area is 122 Å². The number of likely N-dealkylation sites (tertiary alicyclic amines) is 1. The number of carbonyl (C=O) groups excluding carboxylic acids is 1. The topological polar surface area (TPSA) is 24.8 Å². The third-order valence-electron chi connectivity index (χ3n) is 4.14. The quantitative estimate of drug-likeness (QED) is 0.879. The normalized spacial score (nSPS) is 22.9. The molecule has 21 heavy (non-hydrogen) atoms. The van der Waals surface area contributed by atoms with Crippen LogP contribution in [0, 0.1) is 0 Å². The summed E-state index contributed by atoms with van der Waals surface area (Å²) in [5.74, 6) is -0.215. The second kappa shape index (κ2) is 6.05. The molecule has 1 N–H and O–H groups in total. The average Bonchev–Trinajstić information content (AvgIpc) is 2.46. The van der Waals surface area contributed by atoms with Gasteiger partial charge in [0.2, 0.25) is 0 Å². The van der Waals surface area contributed by atoms with Crippen molar-refractivity contribution in [1.82, 2.24) is 4.90 Å². The number of alkyl halides is 3. The summed E-state index contributed by atoms with van der Waals surface area (Å²) in [6.07, 6.45) is -2.52. The minimum Gasteiger partial charge on any atom is -0.338 e. The molecule has 0 atom stereocenters. The van der Waals surface area contributed by atoms with E-state index in [-0.39, 0.29) is 11.9 Å². The van der Waals surface area contributed by atoms with Gasteiger partial charge in [-0.15, -0.1) is 0 Å². The second-order valence-corrected chi connectivity index (χ2v) is 5.68. The van der Waals surface area contributed by atoms with Crippen LogP contribution < -0.4 is 4.90 Å². The van der Waals surface area contributed by atoms with Crippen LogP contribution in [0.3, 0.4) is 0 Å². The van der Waals surface area contributed by atoms with E-state index in [2.05, 4.69) is 7.05 Å². The van der Waals surface area contributed by atoms with Crippen molar-refractivity contribution in [3.05, 3.63) is 35.4 Å². The number of rotatable bonds is 2. The standard InChI is InChI=1S/C15H19F3N2O/c1-19-9-7-13(8-10-19)20(2)14(21)11-3-5-12(6-4-11)15(16,17)18/h3-6,13H,7-10H2,1-2H3/p+1. The third kappa shape index (κ3) is 3.75. The highest BCUT2D eigenvalue weighted by Crippen LogP contribution is 2.29. The van der Waals surface area contributed by atoms with Gasteiger partial charge in [0, 0.05) is 31.5 Å². The maximum absolute atomic E-state index is 12.5. The summed E-state index contributed by atoms with van der Waals surface area (Å²) in [4.78, 5) is 15.4. The highest BCUT2D eigenvalue weighted by atomic mass is 19.4. The molecule has 0 unspecified atom stereocenters. The van der Waals surface area contributed by atoms with E-state index in [1.54, 1.807) is 11.9 Å². The number of nitrogens with zero attached hydrogens (tertiary/aromatic N) is 1. The Balaban J connectivity index is 2.05. The van der Waals surface area contributed by atoms with Crippen LogP contribution >= 0.6 is 0 Å². The first-order chi connectivity index (χ1) is 9.79. The minimum atomic E-state index is -4.37. The molecule has 0 aliphatic carbocycles. The molecule has 1 aromatic carbocycles. The summed E-state index contributed by atoms with van der Waals surface area (Å²) >= 11 is 0. The molecule has 1 amide bonds. The highest BCUT2D eigenvalue weighted by Gasteiger charge is 2.31. The first-order valence-electron chi connectivity index (χ1n) is 7.05. The number of nitrogens with one attached hydrogen (secondary N) is 1. The van der Waals surface area contributed by atoms with Gasteiger partial charge in [0.25, 0.3) is 5.91 Å². The van der Waals surface area contributed by atoms with E-state index in [0.29, 0.717) is 5.56 Å². The first-order valence-corrected chi connectivity index (χ1v) is 7.05. The van der Waals surface area contributed by atoms with Crippen LogP contribution in [0.25, 0.3) is 0 Å². The summed E-state index contributed by atoms with van der Waals surface area (Å²) in [5.41, 5.74) is -0.429. The van der Waals surface area contributed by atoms with Crippen molar-refractivity contribution >= 4 is 5.91 Å². The molecular weight excluding hydrogens is 281 g/mol. The van der Waals surface area contributed by atoms with Crippen LogP contribution in [0.4, 0.5) is 13.2 Å². The Bertz CT molecular complexity index is 491. The second-order valence-electron chi connectivity index (χ2n) is 5.68. The van der Waals surface area contributed by atoms with E-state index >= 15 is 0 Å². The number of amides is 1. The van der Waals surface area contributed by atoms with Crippen molar-refractivity contribution in [1.29, 1.82) is 0 Å².